The molecular formula is C16H25ClN2O4. The van der Waals surface area contributed by atoms with Crippen LogP contribution in [0.1, 0.15) is 18.4 Å². The molecule has 1 aliphatic rings. The molecule has 1 amide bonds. The number of halogens is 1. The number of aryl methyl sites for hydroxylation is 1. The summed E-state index contributed by atoms with van der Waals surface area (Å²) in [5.41, 5.74) is 6.93. The van der Waals surface area contributed by atoms with E-state index in [1.54, 1.807) is 20.3 Å². The van der Waals surface area contributed by atoms with Crippen molar-refractivity contribution in [3.8, 4) is 11.5 Å². The van der Waals surface area contributed by atoms with E-state index in [1.807, 2.05) is 13.0 Å². The van der Waals surface area contributed by atoms with Crippen molar-refractivity contribution in [1.82, 2.24) is 0 Å². The maximum Gasteiger partial charge on any atom is 0.232 e. The third-order valence-corrected chi connectivity index (χ3v) is 4.30. The number of carbonyl (C=O) groups excluding carboxylic acids is 1. The molecular weight excluding hydrogens is 320 g/mol. The molecule has 1 heterocycles. The van der Waals surface area contributed by atoms with Crippen LogP contribution in [0.5, 0.6) is 11.5 Å². The molecule has 0 saturated carbocycles. The van der Waals surface area contributed by atoms with Crippen LogP contribution in [-0.2, 0) is 9.53 Å². The first-order chi connectivity index (χ1) is 10.6. The number of nitrogens with one attached hydrogen (secondary N) is 1. The molecule has 6 nitrogen and oxygen atoms in total. The molecule has 1 saturated heterocycles. The molecule has 0 unspecified atom stereocenters. The molecule has 3 N–H and O–H groups in total. The van der Waals surface area contributed by atoms with Crippen molar-refractivity contribution in [1.29, 1.82) is 0 Å². The van der Waals surface area contributed by atoms with Gasteiger partial charge in [0, 0.05) is 31.5 Å². The molecule has 23 heavy (non-hydrogen) atoms. The topological polar surface area (TPSA) is 82.8 Å². The van der Waals surface area contributed by atoms with Gasteiger partial charge in [-0.05, 0) is 31.4 Å². The molecule has 0 aliphatic carbocycles. The van der Waals surface area contributed by atoms with E-state index < -0.39 is 5.41 Å². The lowest BCUT2D eigenvalue weighted by Gasteiger charge is -2.34. The van der Waals surface area contributed by atoms with Crippen molar-refractivity contribution in [3.63, 3.8) is 0 Å². The Bertz CT molecular complexity index is 545. The monoisotopic (exact) mass is 344 g/mol. The summed E-state index contributed by atoms with van der Waals surface area (Å²) in [6, 6.07) is 3.61. The highest BCUT2D eigenvalue weighted by atomic mass is 35.5. The zero-order valence-electron chi connectivity index (χ0n) is 13.8. The third kappa shape index (κ3) is 4.07. The summed E-state index contributed by atoms with van der Waals surface area (Å²) in [4.78, 5) is 12.7. The quantitative estimate of drug-likeness (QED) is 0.855. The first-order valence-electron chi connectivity index (χ1n) is 7.38. The molecule has 1 aromatic rings. The smallest absolute Gasteiger partial charge is 0.232 e. The van der Waals surface area contributed by atoms with Crippen LogP contribution in [-0.4, -0.2) is 39.9 Å². The van der Waals surface area contributed by atoms with Crippen molar-refractivity contribution in [2.24, 2.45) is 11.1 Å². The Morgan fingerprint density at radius 3 is 2.35 bits per heavy atom. The molecule has 1 fully saturated rings. The number of hydrogen-bond acceptors (Lipinski definition) is 5. The van der Waals surface area contributed by atoms with Gasteiger partial charge in [0.2, 0.25) is 5.91 Å². The minimum atomic E-state index is -0.558. The Labute approximate surface area is 143 Å². The fourth-order valence-corrected chi connectivity index (χ4v) is 2.66. The largest absolute Gasteiger partial charge is 0.493 e. The van der Waals surface area contributed by atoms with E-state index in [4.69, 9.17) is 19.9 Å². The molecule has 7 heteroatoms. The number of benzene rings is 1. The molecule has 2 rings (SSSR count). The van der Waals surface area contributed by atoms with Gasteiger partial charge in [-0.25, -0.2) is 0 Å². The van der Waals surface area contributed by atoms with E-state index in [9.17, 15) is 4.79 Å². The molecule has 1 aromatic carbocycles. The number of nitrogens with two attached hydrogens (primary N) is 1. The van der Waals surface area contributed by atoms with Crippen LogP contribution in [0.25, 0.3) is 0 Å². The predicted molar refractivity (Wildman–Crippen MR) is 91.7 cm³/mol. The van der Waals surface area contributed by atoms with Gasteiger partial charge < -0.3 is 25.3 Å². The van der Waals surface area contributed by atoms with E-state index in [0.717, 1.165) is 5.56 Å². The van der Waals surface area contributed by atoms with Gasteiger partial charge >= 0.3 is 0 Å². The molecule has 0 bridgehead atoms. The second-order valence-electron chi connectivity index (χ2n) is 5.57. The number of ether oxygens (including phenoxy) is 3. The number of methoxy groups -OCH3 is 2. The van der Waals surface area contributed by atoms with Crippen molar-refractivity contribution in [3.05, 3.63) is 17.7 Å². The summed E-state index contributed by atoms with van der Waals surface area (Å²) in [5, 5.41) is 2.99. The summed E-state index contributed by atoms with van der Waals surface area (Å²) in [6.45, 7) is 3.36. The summed E-state index contributed by atoms with van der Waals surface area (Å²) in [5.74, 6) is 1.16. The summed E-state index contributed by atoms with van der Waals surface area (Å²) in [6.07, 6.45) is 1.28. The maximum atomic E-state index is 12.7. The highest BCUT2D eigenvalue weighted by Crippen LogP contribution is 2.35. The van der Waals surface area contributed by atoms with Crippen molar-refractivity contribution >= 4 is 24.0 Å². The van der Waals surface area contributed by atoms with Crippen LogP contribution in [0.15, 0.2) is 12.1 Å². The van der Waals surface area contributed by atoms with Gasteiger partial charge in [0.1, 0.15) is 0 Å². The van der Waals surface area contributed by atoms with E-state index in [0.29, 0.717) is 49.8 Å². The van der Waals surface area contributed by atoms with E-state index in [2.05, 4.69) is 5.32 Å². The molecule has 0 spiro atoms. The average Bonchev–Trinajstić information content (AvgIpc) is 2.56. The number of carbonyl (C=O) groups is 1. The van der Waals surface area contributed by atoms with Crippen molar-refractivity contribution < 1.29 is 19.0 Å². The fourth-order valence-electron chi connectivity index (χ4n) is 2.66. The van der Waals surface area contributed by atoms with Crippen molar-refractivity contribution in [2.45, 2.75) is 19.8 Å². The molecule has 130 valence electrons. The van der Waals surface area contributed by atoms with E-state index in [-0.39, 0.29) is 18.3 Å². The second kappa shape index (κ2) is 8.38. The summed E-state index contributed by atoms with van der Waals surface area (Å²) >= 11 is 0. The lowest BCUT2D eigenvalue weighted by molar-refractivity contribution is -0.130. The average molecular weight is 345 g/mol. The zero-order valence-corrected chi connectivity index (χ0v) is 14.6. The molecule has 0 aromatic heterocycles. The molecule has 0 atom stereocenters. The van der Waals surface area contributed by atoms with Gasteiger partial charge in [0.25, 0.3) is 0 Å². The lowest BCUT2D eigenvalue weighted by Crippen LogP contribution is -2.46. The van der Waals surface area contributed by atoms with Gasteiger partial charge in [-0.3, -0.25) is 4.79 Å². The van der Waals surface area contributed by atoms with Crippen LogP contribution in [0.2, 0.25) is 0 Å². The Morgan fingerprint density at radius 2 is 1.83 bits per heavy atom. The van der Waals surface area contributed by atoms with Crippen LogP contribution in [0.3, 0.4) is 0 Å². The SMILES string of the molecule is COc1cc(C)c(NC(=O)C2(CN)CCOCC2)cc1OC.Cl. The highest BCUT2D eigenvalue weighted by Gasteiger charge is 2.39. The number of rotatable bonds is 5. The lowest BCUT2D eigenvalue weighted by atomic mass is 9.79. The summed E-state index contributed by atoms with van der Waals surface area (Å²) in [7, 11) is 3.15. The fraction of sp³-hybridized carbons (Fsp3) is 0.562. The normalized spacial score (nSPS) is 16.2. The number of amides is 1. The minimum Gasteiger partial charge on any atom is -0.493 e. The minimum absolute atomic E-state index is 0. The zero-order chi connectivity index (χ0) is 16.2. The standard InChI is InChI=1S/C16H24N2O4.ClH/c1-11-8-13(20-2)14(21-3)9-12(11)18-15(19)16(10-17)4-6-22-7-5-16;/h8-9H,4-7,10,17H2,1-3H3,(H,18,19);1H. The van der Waals surface area contributed by atoms with Crippen LogP contribution in [0, 0.1) is 12.3 Å². The third-order valence-electron chi connectivity index (χ3n) is 4.30. The van der Waals surface area contributed by atoms with Gasteiger partial charge in [0.15, 0.2) is 11.5 Å². The van der Waals surface area contributed by atoms with Gasteiger partial charge in [-0.2, -0.15) is 0 Å². The number of hydrogen-bond donors (Lipinski definition) is 2. The molecule has 1 aliphatic heterocycles. The first kappa shape index (κ1) is 19.5. The van der Waals surface area contributed by atoms with Crippen LogP contribution >= 0.6 is 12.4 Å². The van der Waals surface area contributed by atoms with Crippen LogP contribution in [0.4, 0.5) is 5.69 Å². The van der Waals surface area contributed by atoms with E-state index in [1.165, 1.54) is 0 Å². The van der Waals surface area contributed by atoms with E-state index >= 15 is 0 Å². The number of anilines is 1. The Kier molecular flexibility index (Phi) is 7.12. The maximum absolute atomic E-state index is 12.7. The van der Waals surface area contributed by atoms with Gasteiger partial charge in [0.05, 0.1) is 19.6 Å². The Morgan fingerprint density at radius 1 is 1.26 bits per heavy atom. The second-order valence-corrected chi connectivity index (χ2v) is 5.57. The highest BCUT2D eigenvalue weighted by molar-refractivity contribution is 5.96. The van der Waals surface area contributed by atoms with Gasteiger partial charge in [-0.1, -0.05) is 0 Å². The van der Waals surface area contributed by atoms with Gasteiger partial charge in [-0.15, -0.1) is 12.4 Å². The Balaban J connectivity index is 0.00000264. The first-order valence-corrected chi connectivity index (χ1v) is 7.38. The van der Waals surface area contributed by atoms with Crippen molar-refractivity contribution in [2.75, 3.05) is 39.3 Å². The predicted octanol–water partition coefficient (Wildman–Crippen LogP) is 2.13. The molecule has 0 radical (unpaired) electrons. The summed E-state index contributed by atoms with van der Waals surface area (Å²) < 4.78 is 15.9. The van der Waals surface area contributed by atoms with Crippen LogP contribution < -0.4 is 20.5 Å². The Hall–Kier alpha value is -1.50.